The highest BCUT2D eigenvalue weighted by molar-refractivity contribution is 5.93. The van der Waals surface area contributed by atoms with Gasteiger partial charge in [0.05, 0.1) is 12.1 Å². The molecular weight excluding hydrogens is 252 g/mol. The van der Waals surface area contributed by atoms with E-state index in [2.05, 4.69) is 40.0 Å². The molecule has 2 aromatic heterocycles. The lowest BCUT2D eigenvalue weighted by molar-refractivity contribution is 0.264. The molecule has 0 amide bonds. The number of fused-ring (bicyclic) bond motifs is 1. The normalized spacial score (nSPS) is 11.6. The molecule has 3 rings (SSSR count). The lowest BCUT2D eigenvalue weighted by Crippen LogP contribution is -2.22. The minimum Gasteiger partial charge on any atom is -0.419 e. The summed E-state index contributed by atoms with van der Waals surface area (Å²) in [5, 5.41) is 9.41. The highest BCUT2D eigenvalue weighted by Gasteiger charge is 2.14. The molecule has 0 atom stereocenters. The molecule has 0 aliphatic carbocycles. The molecule has 1 aromatic carbocycles. The molecule has 5 heteroatoms. The second-order valence-electron chi connectivity index (χ2n) is 4.71. The molecular formula is C15H18N4O. The smallest absolute Gasteiger partial charge is 0.249 e. The number of benzene rings is 1. The zero-order chi connectivity index (χ0) is 13.9. The van der Waals surface area contributed by atoms with Gasteiger partial charge < -0.3 is 9.40 Å². The zero-order valence-corrected chi connectivity index (χ0v) is 11.8. The Kier molecular flexibility index (Phi) is 3.52. The molecule has 0 saturated heterocycles. The Bertz CT molecular complexity index is 697. The fourth-order valence-electron chi connectivity index (χ4n) is 2.31. The minimum absolute atomic E-state index is 0.574. The van der Waals surface area contributed by atoms with E-state index in [0.717, 1.165) is 29.6 Å². The van der Waals surface area contributed by atoms with Gasteiger partial charge in [0, 0.05) is 17.1 Å². The Morgan fingerprint density at radius 2 is 1.95 bits per heavy atom. The maximum Gasteiger partial charge on any atom is 0.249 e. The van der Waals surface area contributed by atoms with Gasteiger partial charge in [-0.05, 0) is 19.2 Å². The van der Waals surface area contributed by atoms with E-state index in [1.165, 1.54) is 0 Å². The fourth-order valence-corrected chi connectivity index (χ4v) is 2.31. The Balaban J connectivity index is 1.90. The molecule has 0 aliphatic heterocycles. The van der Waals surface area contributed by atoms with Crippen LogP contribution in [0, 0.1) is 0 Å². The van der Waals surface area contributed by atoms with Crippen molar-refractivity contribution in [2.45, 2.75) is 20.4 Å². The summed E-state index contributed by atoms with van der Waals surface area (Å²) in [6.45, 7) is 6.89. The van der Waals surface area contributed by atoms with E-state index in [0.29, 0.717) is 18.3 Å². The number of para-hydroxylation sites is 1. The van der Waals surface area contributed by atoms with Crippen LogP contribution in [0.4, 0.5) is 0 Å². The number of rotatable bonds is 5. The average molecular weight is 270 g/mol. The molecule has 0 aliphatic rings. The summed E-state index contributed by atoms with van der Waals surface area (Å²) >= 11 is 0. The average Bonchev–Trinajstić information content (AvgIpc) is 3.11. The van der Waals surface area contributed by atoms with Gasteiger partial charge >= 0.3 is 0 Å². The first kappa shape index (κ1) is 12.9. The van der Waals surface area contributed by atoms with Crippen molar-refractivity contribution in [1.82, 2.24) is 20.1 Å². The van der Waals surface area contributed by atoms with Crippen molar-refractivity contribution in [1.29, 1.82) is 0 Å². The topological polar surface area (TPSA) is 58.0 Å². The van der Waals surface area contributed by atoms with Gasteiger partial charge in [-0.2, -0.15) is 0 Å². The minimum atomic E-state index is 0.574. The molecule has 0 bridgehead atoms. The first-order valence-electron chi connectivity index (χ1n) is 6.93. The second kappa shape index (κ2) is 5.46. The third kappa shape index (κ3) is 2.32. The van der Waals surface area contributed by atoms with Crippen LogP contribution < -0.4 is 0 Å². The molecule has 0 radical (unpaired) electrons. The second-order valence-corrected chi connectivity index (χ2v) is 4.71. The molecule has 0 spiro atoms. The van der Waals surface area contributed by atoms with Crippen LogP contribution in [0.3, 0.4) is 0 Å². The third-order valence-electron chi connectivity index (χ3n) is 3.54. The Morgan fingerprint density at radius 1 is 1.15 bits per heavy atom. The van der Waals surface area contributed by atoms with Crippen LogP contribution in [0.2, 0.25) is 0 Å². The van der Waals surface area contributed by atoms with Crippen molar-refractivity contribution < 1.29 is 4.42 Å². The number of aromatic amines is 1. The maximum atomic E-state index is 5.79. The molecule has 1 N–H and O–H groups in total. The van der Waals surface area contributed by atoms with E-state index in [1.807, 2.05) is 24.4 Å². The van der Waals surface area contributed by atoms with Crippen molar-refractivity contribution in [2.24, 2.45) is 0 Å². The van der Waals surface area contributed by atoms with E-state index < -0.39 is 0 Å². The number of hydrogen-bond acceptors (Lipinski definition) is 4. The third-order valence-corrected chi connectivity index (χ3v) is 3.54. The number of hydrogen-bond donors (Lipinski definition) is 1. The molecule has 0 saturated carbocycles. The SMILES string of the molecule is CCN(CC)Cc1nnc(-c2c[nH]c3ccccc23)o1. The number of H-pyrrole nitrogens is 1. The van der Waals surface area contributed by atoms with Crippen LogP contribution in [0.5, 0.6) is 0 Å². The van der Waals surface area contributed by atoms with E-state index in [1.54, 1.807) is 0 Å². The zero-order valence-electron chi connectivity index (χ0n) is 11.8. The van der Waals surface area contributed by atoms with Gasteiger partial charge in [0.25, 0.3) is 0 Å². The maximum absolute atomic E-state index is 5.79. The number of nitrogens with zero attached hydrogens (tertiary/aromatic N) is 3. The molecule has 5 nitrogen and oxygen atoms in total. The summed E-state index contributed by atoms with van der Waals surface area (Å²) in [4.78, 5) is 5.46. The van der Waals surface area contributed by atoms with Crippen LogP contribution in [0.15, 0.2) is 34.9 Å². The molecule has 2 heterocycles. The summed E-state index contributed by atoms with van der Waals surface area (Å²) in [5.74, 6) is 1.23. The van der Waals surface area contributed by atoms with Crippen LogP contribution >= 0.6 is 0 Å². The monoisotopic (exact) mass is 270 g/mol. The molecule has 20 heavy (non-hydrogen) atoms. The highest BCUT2D eigenvalue weighted by Crippen LogP contribution is 2.27. The Labute approximate surface area is 117 Å². The largest absolute Gasteiger partial charge is 0.419 e. The van der Waals surface area contributed by atoms with Crippen LogP contribution in [-0.2, 0) is 6.54 Å². The van der Waals surface area contributed by atoms with Crippen molar-refractivity contribution in [2.75, 3.05) is 13.1 Å². The lowest BCUT2D eigenvalue weighted by atomic mass is 10.2. The van der Waals surface area contributed by atoms with Crippen molar-refractivity contribution >= 4 is 10.9 Å². The van der Waals surface area contributed by atoms with E-state index in [-0.39, 0.29) is 0 Å². The number of aromatic nitrogens is 3. The van der Waals surface area contributed by atoms with Crippen molar-refractivity contribution in [3.05, 3.63) is 36.4 Å². The molecule has 3 aromatic rings. The summed E-state index contributed by atoms with van der Waals surface area (Å²) in [6, 6.07) is 8.09. The van der Waals surface area contributed by atoms with Crippen molar-refractivity contribution in [3.63, 3.8) is 0 Å². The van der Waals surface area contributed by atoms with E-state index >= 15 is 0 Å². The van der Waals surface area contributed by atoms with Crippen molar-refractivity contribution in [3.8, 4) is 11.5 Å². The summed E-state index contributed by atoms with van der Waals surface area (Å²) in [7, 11) is 0. The molecule has 0 unspecified atom stereocenters. The first-order chi connectivity index (χ1) is 9.81. The first-order valence-corrected chi connectivity index (χ1v) is 6.93. The van der Waals surface area contributed by atoms with Gasteiger partial charge in [0.15, 0.2) is 0 Å². The highest BCUT2D eigenvalue weighted by atomic mass is 16.4. The van der Waals surface area contributed by atoms with Gasteiger partial charge in [-0.15, -0.1) is 10.2 Å². The fraction of sp³-hybridized carbons (Fsp3) is 0.333. The summed E-state index contributed by atoms with van der Waals surface area (Å²) in [5.41, 5.74) is 2.03. The quantitative estimate of drug-likeness (QED) is 0.774. The van der Waals surface area contributed by atoms with Crippen LogP contribution in [-0.4, -0.2) is 33.2 Å². The Hall–Kier alpha value is -2.14. The van der Waals surface area contributed by atoms with Gasteiger partial charge in [-0.3, -0.25) is 4.90 Å². The molecule has 0 fully saturated rings. The van der Waals surface area contributed by atoms with E-state index in [9.17, 15) is 0 Å². The summed E-state index contributed by atoms with van der Waals surface area (Å²) < 4.78 is 5.79. The predicted octanol–water partition coefficient (Wildman–Crippen LogP) is 3.06. The Morgan fingerprint density at radius 3 is 2.75 bits per heavy atom. The van der Waals surface area contributed by atoms with Gasteiger partial charge in [-0.1, -0.05) is 32.0 Å². The van der Waals surface area contributed by atoms with E-state index in [4.69, 9.17) is 4.42 Å². The molecule has 104 valence electrons. The van der Waals surface area contributed by atoms with Gasteiger partial charge in [-0.25, -0.2) is 0 Å². The summed E-state index contributed by atoms with van der Waals surface area (Å²) in [6.07, 6.45) is 1.92. The van der Waals surface area contributed by atoms with Crippen LogP contribution in [0.25, 0.3) is 22.4 Å². The standard InChI is InChI=1S/C15H18N4O/c1-3-19(4-2)10-14-17-18-15(20-14)12-9-16-13-8-6-5-7-11(12)13/h5-9,16H,3-4,10H2,1-2H3. The van der Waals surface area contributed by atoms with Gasteiger partial charge in [0.1, 0.15) is 0 Å². The predicted molar refractivity (Wildman–Crippen MR) is 78.2 cm³/mol. The number of nitrogens with one attached hydrogen (secondary N) is 1. The van der Waals surface area contributed by atoms with Gasteiger partial charge in [0.2, 0.25) is 11.8 Å². The lowest BCUT2D eigenvalue weighted by Gasteiger charge is -2.14. The van der Waals surface area contributed by atoms with Crippen LogP contribution in [0.1, 0.15) is 19.7 Å².